The molecule has 3 heterocycles. The first-order chi connectivity index (χ1) is 14.2. The molecule has 0 radical (unpaired) electrons. The Bertz CT molecular complexity index is 805. The molecule has 1 spiro atoms. The van der Waals surface area contributed by atoms with Gasteiger partial charge in [-0.1, -0.05) is 25.3 Å². The number of fused-ring (bicyclic) bond motifs is 1. The van der Waals surface area contributed by atoms with E-state index in [1.165, 1.54) is 4.90 Å². The number of ether oxygens (including phenoxy) is 2. The van der Waals surface area contributed by atoms with Crippen LogP contribution >= 0.6 is 0 Å². The van der Waals surface area contributed by atoms with Crippen molar-refractivity contribution in [3.05, 3.63) is 23.8 Å². The highest BCUT2D eigenvalue weighted by Crippen LogP contribution is 2.39. The van der Waals surface area contributed by atoms with Crippen LogP contribution in [0.25, 0.3) is 0 Å². The first kappa shape index (κ1) is 18.7. The van der Waals surface area contributed by atoms with Gasteiger partial charge in [0.2, 0.25) is 0 Å². The van der Waals surface area contributed by atoms with Crippen LogP contribution < -0.4 is 14.8 Å². The molecule has 0 unspecified atom stereocenters. The van der Waals surface area contributed by atoms with Crippen molar-refractivity contribution >= 4 is 11.9 Å². The summed E-state index contributed by atoms with van der Waals surface area (Å²) in [5.74, 6) is 1.55. The normalized spacial score (nSPS) is 26.6. The molecule has 1 aromatic rings. The van der Waals surface area contributed by atoms with E-state index in [1.54, 1.807) is 0 Å². The van der Waals surface area contributed by atoms with Crippen LogP contribution in [0.1, 0.15) is 63.0 Å². The second-order valence-electron chi connectivity index (χ2n) is 8.67. The van der Waals surface area contributed by atoms with E-state index in [0.717, 1.165) is 75.0 Å². The van der Waals surface area contributed by atoms with E-state index in [0.29, 0.717) is 19.9 Å². The lowest BCUT2D eigenvalue weighted by molar-refractivity contribution is -0.134. The number of amides is 3. The minimum Gasteiger partial charge on any atom is -0.490 e. The van der Waals surface area contributed by atoms with Crippen LogP contribution in [-0.2, 0) is 4.79 Å². The van der Waals surface area contributed by atoms with Crippen LogP contribution in [0.4, 0.5) is 4.79 Å². The third-order valence-electron chi connectivity index (χ3n) is 6.80. The average molecular weight is 399 g/mol. The summed E-state index contributed by atoms with van der Waals surface area (Å²) < 4.78 is 11.6. The van der Waals surface area contributed by atoms with Crippen molar-refractivity contribution in [2.24, 2.45) is 0 Å². The molecule has 1 atom stereocenters. The molecule has 7 nitrogen and oxygen atoms in total. The van der Waals surface area contributed by atoms with E-state index in [-0.39, 0.29) is 18.0 Å². The number of benzene rings is 1. The van der Waals surface area contributed by atoms with Crippen LogP contribution in [0.15, 0.2) is 18.2 Å². The van der Waals surface area contributed by atoms with Gasteiger partial charge in [0.15, 0.2) is 11.5 Å². The summed E-state index contributed by atoms with van der Waals surface area (Å²) in [5, 5.41) is 3.02. The fourth-order valence-corrected chi connectivity index (χ4v) is 5.24. The summed E-state index contributed by atoms with van der Waals surface area (Å²) in [6.45, 7) is 2.57. The summed E-state index contributed by atoms with van der Waals surface area (Å²) in [4.78, 5) is 29.5. The third kappa shape index (κ3) is 3.35. The molecule has 1 aromatic carbocycles. The van der Waals surface area contributed by atoms with Crippen molar-refractivity contribution in [3.8, 4) is 11.5 Å². The molecule has 1 aliphatic carbocycles. The first-order valence-corrected chi connectivity index (χ1v) is 10.9. The number of carbonyl (C=O) groups excluding carboxylic acids is 2. The van der Waals surface area contributed by atoms with Crippen molar-refractivity contribution in [1.82, 2.24) is 15.1 Å². The molecular formula is C22H29N3O4. The number of urea groups is 1. The number of nitrogens with zero attached hydrogens (tertiary/aromatic N) is 2. The Kier molecular flexibility index (Phi) is 4.86. The second-order valence-corrected chi connectivity index (χ2v) is 8.67. The topological polar surface area (TPSA) is 71.1 Å². The fourth-order valence-electron chi connectivity index (χ4n) is 5.24. The van der Waals surface area contributed by atoms with Crippen molar-refractivity contribution in [2.45, 2.75) is 62.9 Å². The van der Waals surface area contributed by atoms with E-state index in [2.05, 4.69) is 22.3 Å². The van der Waals surface area contributed by atoms with E-state index in [9.17, 15) is 9.59 Å². The quantitative estimate of drug-likeness (QED) is 0.791. The van der Waals surface area contributed by atoms with Gasteiger partial charge in [-0.3, -0.25) is 9.69 Å². The highest BCUT2D eigenvalue weighted by Gasteiger charge is 2.51. The number of nitrogens with one attached hydrogen (secondary N) is 1. The Morgan fingerprint density at radius 1 is 1.00 bits per heavy atom. The lowest BCUT2D eigenvalue weighted by Crippen LogP contribution is -2.49. The molecule has 7 heteroatoms. The van der Waals surface area contributed by atoms with Crippen LogP contribution in [0.5, 0.6) is 11.5 Å². The first-order valence-electron chi connectivity index (χ1n) is 10.9. The van der Waals surface area contributed by atoms with E-state index in [4.69, 9.17) is 9.47 Å². The highest BCUT2D eigenvalue weighted by atomic mass is 16.5. The van der Waals surface area contributed by atoms with Crippen molar-refractivity contribution in [2.75, 3.05) is 26.4 Å². The van der Waals surface area contributed by atoms with Crippen LogP contribution in [0, 0.1) is 0 Å². The predicted octanol–water partition coefficient (Wildman–Crippen LogP) is 3.20. The summed E-state index contributed by atoms with van der Waals surface area (Å²) >= 11 is 0. The number of hydrogen-bond acceptors (Lipinski definition) is 5. The summed E-state index contributed by atoms with van der Waals surface area (Å²) in [6, 6.07) is 6.08. The average Bonchev–Trinajstić information content (AvgIpc) is 3.17. The van der Waals surface area contributed by atoms with Crippen LogP contribution in [0.2, 0.25) is 0 Å². The van der Waals surface area contributed by atoms with Gasteiger partial charge < -0.3 is 14.8 Å². The van der Waals surface area contributed by atoms with Gasteiger partial charge in [0.1, 0.15) is 5.54 Å². The predicted molar refractivity (Wildman–Crippen MR) is 107 cm³/mol. The zero-order chi connectivity index (χ0) is 19.8. The highest BCUT2D eigenvalue weighted by molar-refractivity contribution is 6.07. The molecule has 4 aliphatic rings. The largest absolute Gasteiger partial charge is 0.490 e. The number of carbonyl (C=O) groups is 2. The monoisotopic (exact) mass is 399 g/mol. The SMILES string of the molecule is O=C1NC2(CCCCC2)C(=O)N1CN1CCC[C@H]1c1ccc2c(c1)OCCCO2. The molecule has 5 rings (SSSR count). The number of hydrogen-bond donors (Lipinski definition) is 1. The van der Waals surface area contributed by atoms with E-state index in [1.807, 2.05) is 6.07 Å². The molecular weight excluding hydrogens is 370 g/mol. The molecule has 29 heavy (non-hydrogen) atoms. The molecule has 3 aliphatic heterocycles. The standard InChI is InChI=1S/C22H29N3O4/c26-20-22(9-2-1-3-10-22)23-21(27)25(20)15-24-11-4-6-17(24)16-7-8-18-19(14-16)29-13-5-12-28-18/h7-8,14,17H,1-6,9-13,15H2,(H,23,27)/t17-/m0/s1. The van der Waals surface area contributed by atoms with Crippen LogP contribution in [0.3, 0.4) is 0 Å². The Balaban J connectivity index is 1.33. The number of imide groups is 1. The maximum atomic E-state index is 13.1. The zero-order valence-corrected chi connectivity index (χ0v) is 16.8. The maximum Gasteiger partial charge on any atom is 0.326 e. The minimum absolute atomic E-state index is 0.0356. The summed E-state index contributed by atoms with van der Waals surface area (Å²) in [6.07, 6.45) is 7.62. The van der Waals surface area contributed by atoms with Crippen LogP contribution in [-0.4, -0.2) is 53.7 Å². The lowest BCUT2D eigenvalue weighted by atomic mass is 9.82. The van der Waals surface area contributed by atoms with Gasteiger partial charge in [-0.15, -0.1) is 0 Å². The Morgan fingerprint density at radius 2 is 1.79 bits per heavy atom. The Hall–Kier alpha value is -2.28. The van der Waals surface area contributed by atoms with E-state index >= 15 is 0 Å². The van der Waals surface area contributed by atoms with Gasteiger partial charge >= 0.3 is 6.03 Å². The van der Waals surface area contributed by atoms with Gasteiger partial charge in [-0.25, -0.2) is 9.69 Å². The van der Waals surface area contributed by atoms with Gasteiger partial charge in [0.25, 0.3) is 5.91 Å². The van der Waals surface area contributed by atoms with Crippen molar-refractivity contribution in [3.63, 3.8) is 0 Å². The van der Waals surface area contributed by atoms with Crippen molar-refractivity contribution in [1.29, 1.82) is 0 Å². The third-order valence-corrected chi connectivity index (χ3v) is 6.80. The zero-order valence-electron chi connectivity index (χ0n) is 16.8. The van der Waals surface area contributed by atoms with Crippen molar-refractivity contribution < 1.29 is 19.1 Å². The molecule has 3 fully saturated rings. The molecule has 1 N–H and O–H groups in total. The van der Waals surface area contributed by atoms with Gasteiger partial charge in [-0.05, 0) is 43.4 Å². The Labute approximate surface area is 171 Å². The molecule has 3 amide bonds. The van der Waals surface area contributed by atoms with Gasteiger partial charge in [0, 0.05) is 19.0 Å². The minimum atomic E-state index is -0.653. The number of likely N-dealkylation sites (tertiary alicyclic amines) is 1. The summed E-state index contributed by atoms with van der Waals surface area (Å²) in [5.41, 5.74) is 0.506. The molecule has 1 saturated carbocycles. The Morgan fingerprint density at radius 3 is 2.62 bits per heavy atom. The fraction of sp³-hybridized carbons (Fsp3) is 0.636. The molecule has 2 saturated heterocycles. The van der Waals surface area contributed by atoms with E-state index < -0.39 is 5.54 Å². The lowest BCUT2D eigenvalue weighted by Gasteiger charge is -2.32. The maximum absolute atomic E-state index is 13.1. The van der Waals surface area contributed by atoms with Gasteiger partial charge in [0.05, 0.1) is 19.9 Å². The second kappa shape index (κ2) is 7.52. The smallest absolute Gasteiger partial charge is 0.326 e. The summed E-state index contributed by atoms with van der Waals surface area (Å²) in [7, 11) is 0. The number of rotatable bonds is 3. The molecule has 156 valence electrons. The molecule has 0 bridgehead atoms. The molecule has 0 aromatic heterocycles. The van der Waals surface area contributed by atoms with Gasteiger partial charge in [-0.2, -0.15) is 0 Å².